The summed E-state index contributed by atoms with van der Waals surface area (Å²) in [4.78, 5) is 22.5. The van der Waals surface area contributed by atoms with E-state index in [9.17, 15) is 20.2 Å². The standard InChI is InChI=1S/C20H12BrN3O4/c21-18-4-2-1-3-17(18)20(25)23-14-5-8-16(9-6-14)28-19-10-7-15(24(26)27)11-13(19)12-22/h1-11H,(H,23,25). The van der Waals surface area contributed by atoms with Crippen molar-refractivity contribution in [2.24, 2.45) is 0 Å². The number of nitrogens with zero attached hydrogens (tertiary/aromatic N) is 2. The first-order valence-electron chi connectivity index (χ1n) is 8.00. The van der Waals surface area contributed by atoms with E-state index in [2.05, 4.69) is 21.2 Å². The summed E-state index contributed by atoms with van der Waals surface area (Å²) in [5.41, 5.74) is 0.944. The lowest BCUT2D eigenvalue weighted by Crippen LogP contribution is -2.12. The third-order valence-corrected chi connectivity index (χ3v) is 4.44. The number of nitro groups is 1. The lowest BCUT2D eigenvalue weighted by molar-refractivity contribution is -0.384. The van der Waals surface area contributed by atoms with Gasteiger partial charge < -0.3 is 10.1 Å². The number of rotatable bonds is 5. The molecule has 8 heteroatoms. The van der Waals surface area contributed by atoms with Crippen molar-refractivity contribution in [3.63, 3.8) is 0 Å². The third kappa shape index (κ3) is 4.34. The van der Waals surface area contributed by atoms with Crippen molar-refractivity contribution in [3.8, 4) is 17.6 Å². The van der Waals surface area contributed by atoms with Crippen LogP contribution < -0.4 is 10.1 Å². The zero-order chi connectivity index (χ0) is 20.1. The molecule has 0 bridgehead atoms. The highest BCUT2D eigenvalue weighted by atomic mass is 79.9. The van der Waals surface area contributed by atoms with Gasteiger partial charge >= 0.3 is 0 Å². The summed E-state index contributed by atoms with van der Waals surface area (Å²) in [6.45, 7) is 0. The molecular formula is C20H12BrN3O4. The van der Waals surface area contributed by atoms with Gasteiger partial charge in [0.25, 0.3) is 11.6 Å². The number of amides is 1. The van der Waals surface area contributed by atoms with Gasteiger partial charge in [0.05, 0.1) is 10.5 Å². The SMILES string of the molecule is N#Cc1cc([N+](=O)[O-])ccc1Oc1ccc(NC(=O)c2ccccc2Br)cc1. The van der Waals surface area contributed by atoms with E-state index >= 15 is 0 Å². The van der Waals surface area contributed by atoms with Crippen molar-refractivity contribution in [3.05, 3.63) is 92.4 Å². The number of anilines is 1. The summed E-state index contributed by atoms with van der Waals surface area (Å²) < 4.78 is 6.32. The van der Waals surface area contributed by atoms with Gasteiger partial charge in [-0.15, -0.1) is 0 Å². The number of carbonyl (C=O) groups is 1. The smallest absolute Gasteiger partial charge is 0.271 e. The topological polar surface area (TPSA) is 105 Å². The molecule has 1 amide bonds. The largest absolute Gasteiger partial charge is 0.456 e. The van der Waals surface area contributed by atoms with Crippen molar-refractivity contribution >= 4 is 33.2 Å². The molecule has 138 valence electrons. The molecule has 28 heavy (non-hydrogen) atoms. The number of ether oxygens (including phenoxy) is 1. The zero-order valence-electron chi connectivity index (χ0n) is 14.3. The number of hydrogen-bond acceptors (Lipinski definition) is 5. The Kier molecular flexibility index (Phi) is 5.67. The van der Waals surface area contributed by atoms with Gasteiger partial charge in [0.2, 0.25) is 0 Å². The Hall–Kier alpha value is -3.70. The average Bonchev–Trinajstić information content (AvgIpc) is 2.69. The first-order valence-corrected chi connectivity index (χ1v) is 8.79. The maximum absolute atomic E-state index is 12.3. The first-order chi connectivity index (χ1) is 13.5. The molecule has 0 heterocycles. The van der Waals surface area contributed by atoms with Crippen LogP contribution in [-0.4, -0.2) is 10.8 Å². The molecule has 0 aliphatic carbocycles. The maximum atomic E-state index is 12.3. The average molecular weight is 438 g/mol. The summed E-state index contributed by atoms with van der Waals surface area (Å²) in [7, 11) is 0. The van der Waals surface area contributed by atoms with Crippen LogP contribution in [0.2, 0.25) is 0 Å². The molecule has 3 rings (SSSR count). The molecule has 0 aliphatic rings. The van der Waals surface area contributed by atoms with Gasteiger partial charge in [-0.1, -0.05) is 12.1 Å². The Morgan fingerprint density at radius 1 is 1.11 bits per heavy atom. The molecule has 0 aromatic heterocycles. The van der Waals surface area contributed by atoms with E-state index in [1.165, 1.54) is 12.1 Å². The van der Waals surface area contributed by atoms with E-state index in [1.807, 2.05) is 12.1 Å². The van der Waals surface area contributed by atoms with Crippen LogP contribution >= 0.6 is 15.9 Å². The summed E-state index contributed by atoms with van der Waals surface area (Å²) in [6.07, 6.45) is 0. The third-order valence-electron chi connectivity index (χ3n) is 3.75. The molecule has 0 saturated carbocycles. The van der Waals surface area contributed by atoms with Crippen LogP contribution in [0.3, 0.4) is 0 Å². The van der Waals surface area contributed by atoms with Gasteiger partial charge in [0.1, 0.15) is 23.1 Å². The second kappa shape index (κ2) is 8.33. The molecule has 0 saturated heterocycles. The number of nitrogens with one attached hydrogen (secondary N) is 1. The number of nitro benzene ring substituents is 1. The molecule has 0 aliphatic heterocycles. The summed E-state index contributed by atoms with van der Waals surface area (Å²) >= 11 is 3.34. The van der Waals surface area contributed by atoms with E-state index < -0.39 is 4.92 Å². The van der Waals surface area contributed by atoms with Gasteiger partial charge in [-0.05, 0) is 58.4 Å². The van der Waals surface area contributed by atoms with Gasteiger partial charge in [-0.25, -0.2) is 0 Å². The minimum absolute atomic E-state index is 0.0560. The number of carbonyl (C=O) groups excluding carboxylic acids is 1. The van der Waals surface area contributed by atoms with E-state index in [0.717, 1.165) is 6.07 Å². The molecule has 0 unspecified atom stereocenters. The highest BCUT2D eigenvalue weighted by Crippen LogP contribution is 2.29. The summed E-state index contributed by atoms with van der Waals surface area (Å²) in [5.74, 6) is 0.366. The van der Waals surface area contributed by atoms with Crippen LogP contribution in [0.5, 0.6) is 11.5 Å². The molecule has 0 fully saturated rings. The van der Waals surface area contributed by atoms with Crippen LogP contribution in [0.15, 0.2) is 71.2 Å². The predicted octanol–water partition coefficient (Wildman–Crippen LogP) is 5.27. The van der Waals surface area contributed by atoms with Gasteiger partial charge in [0.15, 0.2) is 0 Å². The quantitative estimate of drug-likeness (QED) is 0.431. The molecule has 0 radical (unpaired) electrons. The summed E-state index contributed by atoms with van der Waals surface area (Å²) in [5, 5.41) is 22.8. The molecule has 3 aromatic rings. The zero-order valence-corrected chi connectivity index (χ0v) is 15.8. The number of nitriles is 1. The second-order valence-electron chi connectivity index (χ2n) is 5.61. The van der Waals surface area contributed by atoms with Crippen molar-refractivity contribution in [1.82, 2.24) is 0 Å². The second-order valence-corrected chi connectivity index (χ2v) is 6.46. The fourth-order valence-corrected chi connectivity index (χ4v) is 2.85. The number of benzene rings is 3. The van der Waals surface area contributed by atoms with Gasteiger partial charge in [-0.2, -0.15) is 5.26 Å². The monoisotopic (exact) mass is 437 g/mol. The van der Waals surface area contributed by atoms with Crippen LogP contribution in [0.1, 0.15) is 15.9 Å². The number of halogens is 1. The predicted molar refractivity (Wildman–Crippen MR) is 106 cm³/mol. The lowest BCUT2D eigenvalue weighted by atomic mass is 10.2. The van der Waals surface area contributed by atoms with E-state index in [-0.39, 0.29) is 22.9 Å². The maximum Gasteiger partial charge on any atom is 0.271 e. The highest BCUT2D eigenvalue weighted by molar-refractivity contribution is 9.10. The fraction of sp³-hybridized carbons (Fsp3) is 0. The molecular weight excluding hydrogens is 426 g/mol. The normalized spacial score (nSPS) is 10.0. The van der Waals surface area contributed by atoms with Crippen molar-refractivity contribution in [1.29, 1.82) is 5.26 Å². The molecule has 0 spiro atoms. The van der Waals surface area contributed by atoms with Gasteiger partial charge in [0, 0.05) is 22.3 Å². The first kappa shape index (κ1) is 19.1. The van der Waals surface area contributed by atoms with Gasteiger partial charge in [-0.3, -0.25) is 14.9 Å². The Balaban J connectivity index is 1.73. The Labute approximate surface area is 168 Å². The van der Waals surface area contributed by atoms with E-state index in [1.54, 1.807) is 42.5 Å². The van der Waals surface area contributed by atoms with Crippen LogP contribution in [0.4, 0.5) is 11.4 Å². The summed E-state index contributed by atoms with van der Waals surface area (Å²) in [6, 6.07) is 19.3. The molecule has 7 nitrogen and oxygen atoms in total. The highest BCUT2D eigenvalue weighted by Gasteiger charge is 2.13. The number of non-ortho nitro benzene ring substituents is 1. The molecule has 3 aromatic carbocycles. The Bertz CT molecular complexity index is 1090. The van der Waals surface area contributed by atoms with E-state index in [4.69, 9.17) is 4.74 Å². The van der Waals surface area contributed by atoms with Crippen LogP contribution in [0.25, 0.3) is 0 Å². The Morgan fingerprint density at radius 3 is 2.46 bits per heavy atom. The number of hydrogen-bond donors (Lipinski definition) is 1. The fourth-order valence-electron chi connectivity index (χ4n) is 2.38. The van der Waals surface area contributed by atoms with Crippen LogP contribution in [-0.2, 0) is 0 Å². The minimum Gasteiger partial charge on any atom is -0.456 e. The minimum atomic E-state index is -0.576. The van der Waals surface area contributed by atoms with Crippen LogP contribution in [0, 0.1) is 21.4 Å². The van der Waals surface area contributed by atoms with Crippen molar-refractivity contribution < 1.29 is 14.5 Å². The lowest BCUT2D eigenvalue weighted by Gasteiger charge is -2.10. The van der Waals surface area contributed by atoms with Crippen molar-refractivity contribution in [2.75, 3.05) is 5.32 Å². The van der Waals surface area contributed by atoms with Crippen molar-refractivity contribution in [2.45, 2.75) is 0 Å². The molecule has 0 atom stereocenters. The Morgan fingerprint density at radius 2 is 1.82 bits per heavy atom. The molecule has 1 N–H and O–H groups in total. The van der Waals surface area contributed by atoms with E-state index in [0.29, 0.717) is 21.5 Å².